The molecule has 0 aliphatic carbocycles. The quantitative estimate of drug-likeness (QED) is 0.792. The number of likely N-dealkylation sites (tertiary alicyclic amines) is 1. The average Bonchev–Trinajstić information content (AvgIpc) is 2.53. The van der Waals surface area contributed by atoms with Gasteiger partial charge < -0.3 is 14.7 Å². The van der Waals surface area contributed by atoms with Gasteiger partial charge in [0.25, 0.3) is 0 Å². The molecule has 3 heteroatoms. The van der Waals surface area contributed by atoms with Gasteiger partial charge in [-0.15, -0.1) is 0 Å². The minimum absolute atomic E-state index is 0.890. The standard InChI is InChI=1S/C14H29N3.2C2H6/c1-4-16-10-13(2)9-14(11-16)12-17-7-5-15(3)6-8-17;2*1-2/h13-14H,4-12H2,1-3H3;2*1-2H3. The number of piperazine rings is 1. The van der Waals surface area contributed by atoms with E-state index in [-0.39, 0.29) is 0 Å². The maximum Gasteiger partial charge on any atom is 0.0110 e. The predicted molar refractivity (Wildman–Crippen MR) is 96.0 cm³/mol. The summed E-state index contributed by atoms with van der Waals surface area (Å²) in [6.45, 7) is 22.9. The van der Waals surface area contributed by atoms with Crippen molar-refractivity contribution in [3.8, 4) is 0 Å². The van der Waals surface area contributed by atoms with Crippen LogP contribution >= 0.6 is 0 Å². The lowest BCUT2D eigenvalue weighted by Gasteiger charge is -2.40. The summed E-state index contributed by atoms with van der Waals surface area (Å²) in [5.41, 5.74) is 0. The molecule has 0 spiro atoms. The van der Waals surface area contributed by atoms with E-state index in [1.807, 2.05) is 27.7 Å². The van der Waals surface area contributed by atoms with Gasteiger partial charge in [-0.05, 0) is 31.8 Å². The molecule has 0 aromatic carbocycles. The van der Waals surface area contributed by atoms with Gasteiger partial charge in [-0.25, -0.2) is 0 Å². The number of likely N-dealkylation sites (N-methyl/N-ethyl adjacent to an activating group) is 1. The van der Waals surface area contributed by atoms with Crippen LogP contribution in [-0.4, -0.2) is 74.1 Å². The molecule has 2 unspecified atom stereocenters. The van der Waals surface area contributed by atoms with Crippen LogP contribution in [-0.2, 0) is 0 Å². The fourth-order valence-electron chi connectivity index (χ4n) is 3.38. The molecule has 128 valence electrons. The summed E-state index contributed by atoms with van der Waals surface area (Å²) in [5.74, 6) is 1.79. The van der Waals surface area contributed by atoms with Crippen LogP contribution in [0.4, 0.5) is 0 Å². The maximum atomic E-state index is 2.68. The van der Waals surface area contributed by atoms with Gasteiger partial charge in [0, 0.05) is 45.8 Å². The van der Waals surface area contributed by atoms with Crippen molar-refractivity contribution in [3.05, 3.63) is 0 Å². The Kier molecular flexibility index (Phi) is 12.4. The van der Waals surface area contributed by atoms with E-state index in [4.69, 9.17) is 0 Å². The Morgan fingerprint density at radius 2 is 1.43 bits per heavy atom. The highest BCUT2D eigenvalue weighted by Crippen LogP contribution is 2.22. The van der Waals surface area contributed by atoms with Crippen LogP contribution < -0.4 is 0 Å². The smallest absolute Gasteiger partial charge is 0.0110 e. The summed E-state index contributed by atoms with van der Waals surface area (Å²) in [6, 6.07) is 0. The lowest BCUT2D eigenvalue weighted by Crippen LogP contribution is -2.49. The van der Waals surface area contributed by atoms with Gasteiger partial charge in [0.2, 0.25) is 0 Å². The van der Waals surface area contributed by atoms with E-state index in [2.05, 4.69) is 35.6 Å². The van der Waals surface area contributed by atoms with Crippen molar-refractivity contribution >= 4 is 0 Å². The zero-order chi connectivity index (χ0) is 16.3. The van der Waals surface area contributed by atoms with Gasteiger partial charge in [0.15, 0.2) is 0 Å². The molecule has 2 heterocycles. The van der Waals surface area contributed by atoms with Crippen molar-refractivity contribution < 1.29 is 0 Å². The number of hydrogen-bond donors (Lipinski definition) is 0. The number of rotatable bonds is 3. The van der Waals surface area contributed by atoms with Gasteiger partial charge >= 0.3 is 0 Å². The first-order valence-corrected chi connectivity index (χ1v) is 9.30. The summed E-state index contributed by atoms with van der Waals surface area (Å²) in [5, 5.41) is 0. The van der Waals surface area contributed by atoms with E-state index in [1.54, 1.807) is 0 Å². The monoisotopic (exact) mass is 299 g/mol. The fraction of sp³-hybridized carbons (Fsp3) is 1.00. The molecule has 0 amide bonds. The van der Waals surface area contributed by atoms with Crippen molar-refractivity contribution in [2.45, 2.75) is 48.0 Å². The Bertz CT molecular complexity index is 225. The summed E-state index contributed by atoms with van der Waals surface area (Å²) in [6.07, 6.45) is 1.43. The van der Waals surface area contributed by atoms with E-state index in [0.29, 0.717) is 0 Å². The minimum Gasteiger partial charge on any atom is -0.304 e. The maximum absolute atomic E-state index is 2.68. The molecule has 2 aliphatic heterocycles. The molecule has 0 aromatic heterocycles. The zero-order valence-electron chi connectivity index (χ0n) is 15.9. The predicted octanol–water partition coefficient (Wildman–Crippen LogP) is 3.26. The third kappa shape index (κ3) is 8.18. The van der Waals surface area contributed by atoms with Crippen molar-refractivity contribution in [3.63, 3.8) is 0 Å². The average molecular weight is 300 g/mol. The second kappa shape index (κ2) is 12.4. The van der Waals surface area contributed by atoms with Crippen molar-refractivity contribution in [1.29, 1.82) is 0 Å². The lowest BCUT2D eigenvalue weighted by molar-refractivity contribution is 0.0829. The summed E-state index contributed by atoms with van der Waals surface area (Å²) >= 11 is 0. The molecule has 3 nitrogen and oxygen atoms in total. The number of piperidine rings is 1. The molecule has 0 N–H and O–H groups in total. The summed E-state index contributed by atoms with van der Waals surface area (Å²) in [7, 11) is 2.23. The Labute approximate surface area is 134 Å². The molecule has 0 bridgehead atoms. The zero-order valence-corrected chi connectivity index (χ0v) is 15.9. The van der Waals surface area contributed by atoms with E-state index in [0.717, 1.165) is 11.8 Å². The highest BCUT2D eigenvalue weighted by atomic mass is 15.2. The topological polar surface area (TPSA) is 9.72 Å². The van der Waals surface area contributed by atoms with Crippen LogP contribution in [0.3, 0.4) is 0 Å². The Morgan fingerprint density at radius 1 is 0.857 bits per heavy atom. The van der Waals surface area contributed by atoms with Gasteiger partial charge in [0.05, 0.1) is 0 Å². The lowest BCUT2D eigenvalue weighted by atomic mass is 9.90. The van der Waals surface area contributed by atoms with Gasteiger partial charge in [-0.3, -0.25) is 0 Å². The number of hydrogen-bond acceptors (Lipinski definition) is 3. The SMILES string of the molecule is CC.CC.CCN1CC(C)CC(CN2CCN(C)CC2)C1. The van der Waals surface area contributed by atoms with E-state index >= 15 is 0 Å². The summed E-state index contributed by atoms with van der Waals surface area (Å²) in [4.78, 5) is 7.75. The largest absolute Gasteiger partial charge is 0.304 e. The Balaban J connectivity index is 0.000000921. The fourth-order valence-corrected chi connectivity index (χ4v) is 3.38. The third-order valence-corrected chi connectivity index (χ3v) is 4.38. The van der Waals surface area contributed by atoms with Gasteiger partial charge in [0.1, 0.15) is 0 Å². The molecule has 2 rings (SSSR count). The van der Waals surface area contributed by atoms with Gasteiger partial charge in [-0.1, -0.05) is 41.5 Å². The Hall–Kier alpha value is -0.120. The van der Waals surface area contributed by atoms with Crippen molar-refractivity contribution in [2.24, 2.45) is 11.8 Å². The molecule has 2 fully saturated rings. The highest BCUT2D eigenvalue weighted by molar-refractivity contribution is 4.80. The third-order valence-electron chi connectivity index (χ3n) is 4.38. The first-order chi connectivity index (χ1) is 10.2. The van der Waals surface area contributed by atoms with E-state index in [9.17, 15) is 0 Å². The molecule has 2 atom stereocenters. The molecule has 2 aliphatic rings. The molecule has 21 heavy (non-hydrogen) atoms. The first kappa shape index (κ1) is 20.9. The molecule has 0 radical (unpaired) electrons. The van der Waals surface area contributed by atoms with Crippen molar-refractivity contribution in [2.75, 3.05) is 59.4 Å². The molecule has 0 aromatic rings. The van der Waals surface area contributed by atoms with Crippen LogP contribution in [0.2, 0.25) is 0 Å². The molecule has 2 saturated heterocycles. The molecular formula is C18H41N3. The van der Waals surface area contributed by atoms with Crippen LogP contribution in [0, 0.1) is 11.8 Å². The molecule has 0 saturated carbocycles. The second-order valence-corrected chi connectivity index (χ2v) is 6.16. The van der Waals surface area contributed by atoms with E-state index in [1.165, 1.54) is 58.8 Å². The normalized spacial score (nSPS) is 28.1. The van der Waals surface area contributed by atoms with Gasteiger partial charge in [-0.2, -0.15) is 0 Å². The van der Waals surface area contributed by atoms with Crippen LogP contribution in [0.15, 0.2) is 0 Å². The van der Waals surface area contributed by atoms with Crippen LogP contribution in [0.1, 0.15) is 48.0 Å². The number of nitrogens with zero attached hydrogens (tertiary/aromatic N) is 3. The minimum atomic E-state index is 0.890. The first-order valence-electron chi connectivity index (χ1n) is 9.30. The second-order valence-electron chi connectivity index (χ2n) is 6.16. The highest BCUT2D eigenvalue weighted by Gasteiger charge is 2.26. The van der Waals surface area contributed by atoms with E-state index < -0.39 is 0 Å². The van der Waals surface area contributed by atoms with Crippen LogP contribution in [0.5, 0.6) is 0 Å². The summed E-state index contributed by atoms with van der Waals surface area (Å²) < 4.78 is 0. The van der Waals surface area contributed by atoms with Crippen molar-refractivity contribution in [1.82, 2.24) is 14.7 Å². The Morgan fingerprint density at radius 3 is 1.95 bits per heavy atom. The molecular weight excluding hydrogens is 258 g/mol. The van der Waals surface area contributed by atoms with Crippen LogP contribution in [0.25, 0.3) is 0 Å².